The number of ether oxygens (including phenoxy) is 1. The molecule has 0 radical (unpaired) electrons. The van der Waals surface area contributed by atoms with E-state index in [9.17, 15) is 10.2 Å². The molecule has 0 unspecified atom stereocenters. The minimum absolute atomic E-state index is 0.0546. The number of aliphatic hydroxyl groups is 2. The third-order valence-corrected chi connectivity index (χ3v) is 3.81. The van der Waals surface area contributed by atoms with Gasteiger partial charge >= 0.3 is 0 Å². The summed E-state index contributed by atoms with van der Waals surface area (Å²) in [5.74, 6) is 0.611. The highest BCUT2D eigenvalue weighted by molar-refractivity contribution is 5.80. The summed E-state index contributed by atoms with van der Waals surface area (Å²) in [6.07, 6.45) is 0. The van der Waals surface area contributed by atoms with E-state index in [0.717, 1.165) is 16.5 Å². The standard InChI is InChI=1S/C17H24N2O3/c1-17(11-20,12-21)10-19(2)9-14-8-13-6-4-5-7-15(13)18-16(14)22-3/h4-8,20-21H,9-12H2,1-3H3. The molecule has 0 saturated heterocycles. The number of hydrogen-bond donors (Lipinski definition) is 2. The van der Waals surface area contributed by atoms with Crippen molar-refractivity contribution in [3.05, 3.63) is 35.9 Å². The molecule has 0 aliphatic carbocycles. The number of methoxy groups -OCH3 is 1. The maximum atomic E-state index is 9.42. The number of nitrogens with zero attached hydrogens (tertiary/aromatic N) is 2. The van der Waals surface area contributed by atoms with Gasteiger partial charge in [0.25, 0.3) is 0 Å². The van der Waals surface area contributed by atoms with Crippen molar-refractivity contribution >= 4 is 10.9 Å². The van der Waals surface area contributed by atoms with E-state index < -0.39 is 5.41 Å². The first-order valence-corrected chi connectivity index (χ1v) is 7.34. The average Bonchev–Trinajstić information content (AvgIpc) is 2.53. The summed E-state index contributed by atoms with van der Waals surface area (Å²) >= 11 is 0. The Morgan fingerprint density at radius 3 is 2.55 bits per heavy atom. The maximum absolute atomic E-state index is 9.42. The molecule has 0 fully saturated rings. The molecule has 0 atom stereocenters. The van der Waals surface area contributed by atoms with E-state index >= 15 is 0 Å². The molecule has 5 heteroatoms. The predicted molar refractivity (Wildman–Crippen MR) is 86.9 cm³/mol. The molecule has 2 rings (SSSR count). The Balaban J connectivity index is 2.23. The number of aliphatic hydroxyl groups excluding tert-OH is 2. The monoisotopic (exact) mass is 304 g/mol. The van der Waals surface area contributed by atoms with Crippen molar-refractivity contribution < 1.29 is 14.9 Å². The SMILES string of the molecule is COc1nc2ccccc2cc1CN(C)CC(C)(CO)CO. The Kier molecular flexibility index (Phi) is 5.34. The summed E-state index contributed by atoms with van der Waals surface area (Å²) in [6, 6.07) is 10.00. The normalized spacial score (nSPS) is 12.1. The van der Waals surface area contributed by atoms with Crippen molar-refractivity contribution in [3.8, 4) is 5.88 Å². The maximum Gasteiger partial charge on any atom is 0.218 e. The van der Waals surface area contributed by atoms with Crippen LogP contribution < -0.4 is 4.74 Å². The number of pyridine rings is 1. The molecule has 0 saturated carbocycles. The molecule has 5 nitrogen and oxygen atoms in total. The van der Waals surface area contributed by atoms with Gasteiger partial charge in [-0.1, -0.05) is 25.1 Å². The largest absolute Gasteiger partial charge is 0.481 e. The molecular weight excluding hydrogens is 280 g/mol. The van der Waals surface area contributed by atoms with Gasteiger partial charge in [-0.15, -0.1) is 0 Å². The van der Waals surface area contributed by atoms with Crippen LogP contribution in [0.1, 0.15) is 12.5 Å². The number of aromatic nitrogens is 1. The topological polar surface area (TPSA) is 65.8 Å². The summed E-state index contributed by atoms with van der Waals surface area (Å²) in [7, 11) is 3.57. The Labute approximate surface area is 131 Å². The highest BCUT2D eigenvalue weighted by atomic mass is 16.5. The van der Waals surface area contributed by atoms with Crippen molar-refractivity contribution in [2.75, 3.05) is 33.9 Å². The molecule has 0 spiro atoms. The van der Waals surface area contributed by atoms with Crippen LogP contribution in [0.4, 0.5) is 0 Å². The van der Waals surface area contributed by atoms with E-state index in [1.54, 1.807) is 7.11 Å². The highest BCUT2D eigenvalue weighted by Gasteiger charge is 2.24. The molecule has 0 aliphatic rings. The summed E-state index contributed by atoms with van der Waals surface area (Å²) in [6.45, 7) is 2.97. The van der Waals surface area contributed by atoms with Gasteiger partial charge in [0.15, 0.2) is 0 Å². The first kappa shape index (κ1) is 16.7. The van der Waals surface area contributed by atoms with E-state index in [4.69, 9.17) is 4.74 Å². The lowest BCUT2D eigenvalue weighted by molar-refractivity contribution is 0.0400. The Morgan fingerprint density at radius 1 is 1.23 bits per heavy atom. The molecule has 1 heterocycles. The molecule has 1 aromatic heterocycles. The second kappa shape index (κ2) is 7.05. The zero-order chi connectivity index (χ0) is 16.2. The quantitative estimate of drug-likeness (QED) is 0.814. The smallest absolute Gasteiger partial charge is 0.218 e. The minimum Gasteiger partial charge on any atom is -0.481 e. The van der Waals surface area contributed by atoms with E-state index in [1.165, 1.54) is 0 Å². The van der Waals surface area contributed by atoms with Crippen molar-refractivity contribution in [1.82, 2.24) is 9.88 Å². The van der Waals surface area contributed by atoms with Gasteiger partial charge in [0, 0.05) is 29.5 Å². The number of fused-ring (bicyclic) bond motifs is 1. The van der Waals surface area contributed by atoms with E-state index in [0.29, 0.717) is 19.0 Å². The Hall–Kier alpha value is -1.69. The first-order chi connectivity index (χ1) is 10.5. The van der Waals surface area contributed by atoms with Gasteiger partial charge in [-0.25, -0.2) is 4.98 Å². The average molecular weight is 304 g/mol. The number of rotatable bonds is 7. The van der Waals surface area contributed by atoms with E-state index in [1.807, 2.05) is 38.2 Å². The molecule has 0 aliphatic heterocycles. The zero-order valence-electron chi connectivity index (χ0n) is 13.4. The fourth-order valence-corrected chi connectivity index (χ4v) is 2.58. The Bertz CT molecular complexity index is 626. The molecule has 1 aromatic carbocycles. The second-order valence-corrected chi connectivity index (χ2v) is 6.15. The van der Waals surface area contributed by atoms with Crippen molar-refractivity contribution in [1.29, 1.82) is 0 Å². The van der Waals surface area contributed by atoms with Crippen LogP contribution in [0.25, 0.3) is 10.9 Å². The third kappa shape index (κ3) is 3.74. The predicted octanol–water partition coefficient (Wildman–Crippen LogP) is 1.67. The van der Waals surface area contributed by atoms with Gasteiger partial charge in [-0.3, -0.25) is 0 Å². The number of para-hydroxylation sites is 1. The van der Waals surface area contributed by atoms with Gasteiger partial charge < -0.3 is 19.8 Å². The van der Waals surface area contributed by atoms with Gasteiger partial charge in [-0.05, 0) is 19.2 Å². The van der Waals surface area contributed by atoms with Gasteiger partial charge in [0.2, 0.25) is 5.88 Å². The van der Waals surface area contributed by atoms with Crippen LogP contribution in [-0.2, 0) is 6.54 Å². The summed E-state index contributed by atoms with van der Waals surface area (Å²) in [5, 5.41) is 19.9. The fourth-order valence-electron chi connectivity index (χ4n) is 2.58. The number of benzene rings is 1. The number of hydrogen-bond acceptors (Lipinski definition) is 5. The highest BCUT2D eigenvalue weighted by Crippen LogP contribution is 2.24. The summed E-state index contributed by atoms with van der Waals surface area (Å²) in [4.78, 5) is 6.59. The molecular formula is C17H24N2O3. The van der Waals surface area contributed by atoms with E-state index in [-0.39, 0.29) is 13.2 Å². The van der Waals surface area contributed by atoms with Crippen LogP contribution in [0, 0.1) is 5.41 Å². The summed E-state index contributed by atoms with van der Waals surface area (Å²) < 4.78 is 5.40. The van der Waals surface area contributed by atoms with Crippen LogP contribution in [0.5, 0.6) is 5.88 Å². The molecule has 0 amide bonds. The lowest BCUT2D eigenvalue weighted by Gasteiger charge is -2.30. The lowest BCUT2D eigenvalue weighted by atomic mass is 9.92. The molecule has 120 valence electrons. The van der Waals surface area contributed by atoms with Crippen molar-refractivity contribution in [3.63, 3.8) is 0 Å². The van der Waals surface area contributed by atoms with Crippen molar-refractivity contribution in [2.45, 2.75) is 13.5 Å². The lowest BCUT2D eigenvalue weighted by Crippen LogP contribution is -2.38. The van der Waals surface area contributed by atoms with Gasteiger partial charge in [0.1, 0.15) is 0 Å². The molecule has 0 bridgehead atoms. The van der Waals surface area contributed by atoms with Crippen LogP contribution in [0.2, 0.25) is 0 Å². The van der Waals surface area contributed by atoms with Crippen LogP contribution in [0.3, 0.4) is 0 Å². The summed E-state index contributed by atoms with van der Waals surface area (Å²) in [5.41, 5.74) is 1.37. The molecule has 2 N–H and O–H groups in total. The van der Waals surface area contributed by atoms with Crippen LogP contribution in [-0.4, -0.2) is 54.0 Å². The van der Waals surface area contributed by atoms with E-state index in [2.05, 4.69) is 16.0 Å². The minimum atomic E-state index is -0.522. The first-order valence-electron chi connectivity index (χ1n) is 7.34. The molecule has 2 aromatic rings. The van der Waals surface area contributed by atoms with Crippen LogP contribution in [0.15, 0.2) is 30.3 Å². The molecule has 22 heavy (non-hydrogen) atoms. The Morgan fingerprint density at radius 2 is 1.91 bits per heavy atom. The zero-order valence-corrected chi connectivity index (χ0v) is 13.4. The van der Waals surface area contributed by atoms with Gasteiger partial charge in [-0.2, -0.15) is 0 Å². The van der Waals surface area contributed by atoms with Crippen LogP contribution >= 0.6 is 0 Å². The third-order valence-electron chi connectivity index (χ3n) is 3.81. The van der Waals surface area contributed by atoms with Crippen molar-refractivity contribution in [2.24, 2.45) is 5.41 Å². The van der Waals surface area contributed by atoms with Gasteiger partial charge in [0.05, 0.1) is 25.8 Å². The second-order valence-electron chi connectivity index (χ2n) is 6.15. The fraction of sp³-hybridized carbons (Fsp3) is 0.471.